The number of nitrogens with zero attached hydrogens (tertiary/aromatic N) is 4. The van der Waals surface area contributed by atoms with Gasteiger partial charge < -0.3 is 33.5 Å². The molecule has 5 aromatic carbocycles. The molecule has 0 bridgehead atoms. The van der Waals surface area contributed by atoms with Crippen molar-refractivity contribution in [3.05, 3.63) is 136 Å². The Kier molecular flexibility index (Phi) is 21.5. The summed E-state index contributed by atoms with van der Waals surface area (Å²) in [6, 6.07) is 25.7. The number of aliphatic hydroxyl groups is 1. The van der Waals surface area contributed by atoms with Crippen LogP contribution in [0.2, 0.25) is 0 Å². The van der Waals surface area contributed by atoms with Crippen LogP contribution < -0.4 is 33.5 Å². The summed E-state index contributed by atoms with van der Waals surface area (Å²) in [5.41, 5.74) is 2.90. The Balaban J connectivity index is 0.000000231. The summed E-state index contributed by atoms with van der Waals surface area (Å²) in [6.07, 6.45) is 0.757. The standard InChI is InChI=1S/C33H33FN2O7S.C25H25FN2O6S.C2H6/c1-40-24-10-7-22(8-11-24)20-42-17-18-43-29-13-9-23(19-30(29)41-2)28(37)12-14-31(38)36-16-4-15-35(33(36)39)27-21-44-32-25(27)5-3-6-26(32)34;1-33-22-14-16(6-8-21(22)34-13-12-29)20(30)7-9-23(31)28-11-3-10-27(25(28)32)19-15-35-24-17(19)4-2-5-18(24)26;1-2/h3,5-11,13,19,21H,4,12,14-18,20H2,1-2H3;2,4-6,8,14-15,29H,3,7,9-13H2,1H3;1-2H3/i;;1D. The lowest BCUT2D eigenvalue weighted by Gasteiger charge is -2.34. The number of hydrogen-bond donors (Lipinski definition) is 1. The van der Waals surface area contributed by atoms with E-state index in [1.54, 1.807) is 79.4 Å². The maximum atomic E-state index is 14.2. The van der Waals surface area contributed by atoms with E-state index >= 15 is 0 Å². The Hall–Kier alpha value is -7.98. The van der Waals surface area contributed by atoms with E-state index in [2.05, 4.69) is 0 Å². The van der Waals surface area contributed by atoms with Crippen molar-refractivity contribution in [3.8, 4) is 28.7 Å². The monoisotopic (exact) mass is 1150 g/mol. The highest BCUT2D eigenvalue weighted by molar-refractivity contribution is 7.18. The van der Waals surface area contributed by atoms with Gasteiger partial charge in [0.05, 0.1) is 61.9 Å². The topological polar surface area (TPSA) is 191 Å². The van der Waals surface area contributed by atoms with Gasteiger partial charge in [-0.1, -0.05) is 50.2 Å². The molecule has 1 N–H and O–H groups in total. The molecule has 0 spiro atoms. The fourth-order valence-electron chi connectivity index (χ4n) is 8.99. The van der Waals surface area contributed by atoms with Crippen LogP contribution in [0.1, 0.15) is 80.0 Å². The normalized spacial score (nSPS) is 13.4. The van der Waals surface area contributed by atoms with Crippen molar-refractivity contribution in [1.82, 2.24) is 9.80 Å². The Labute approximate surface area is 477 Å². The second-order valence-corrected chi connectivity index (χ2v) is 19.8. The van der Waals surface area contributed by atoms with Crippen LogP contribution >= 0.6 is 22.7 Å². The van der Waals surface area contributed by atoms with Gasteiger partial charge in [0.15, 0.2) is 34.6 Å². The first-order valence-electron chi connectivity index (χ1n) is 26.8. The smallest absolute Gasteiger partial charge is 0.331 e. The lowest BCUT2D eigenvalue weighted by atomic mass is 10.1. The lowest BCUT2D eigenvalue weighted by molar-refractivity contribution is -0.129. The minimum absolute atomic E-state index is 0.0717. The molecule has 0 aliphatic carbocycles. The molecule has 0 saturated carbocycles. The number of urea groups is 2. The van der Waals surface area contributed by atoms with Crippen LogP contribution in [-0.4, -0.2) is 124 Å². The van der Waals surface area contributed by atoms with E-state index in [0.717, 1.165) is 16.2 Å². The molecule has 2 aromatic heterocycles. The molecule has 4 heterocycles. The third-order valence-corrected chi connectivity index (χ3v) is 15.0. The average molecular weight is 1150 g/mol. The number of carbonyl (C=O) groups excluding carboxylic acids is 6. The van der Waals surface area contributed by atoms with E-state index < -0.39 is 23.9 Å². The zero-order chi connectivity index (χ0) is 58.7. The van der Waals surface area contributed by atoms with Crippen LogP contribution in [0.4, 0.5) is 29.7 Å². The number of halogens is 2. The summed E-state index contributed by atoms with van der Waals surface area (Å²) >= 11 is 2.44. The number of Topliss-reactive ketones (excluding diaryl/α,β-unsaturated/α-hetero) is 2. The third kappa shape index (κ3) is 14.9. The number of methoxy groups -OCH3 is 3. The molecule has 21 heteroatoms. The highest BCUT2D eigenvalue weighted by atomic mass is 32.1. The van der Waals surface area contributed by atoms with Gasteiger partial charge in [-0.25, -0.2) is 18.4 Å². The number of ether oxygens (including phenoxy) is 6. The quantitative estimate of drug-likeness (QED) is 0.0499. The van der Waals surface area contributed by atoms with E-state index in [1.165, 1.54) is 69.8 Å². The van der Waals surface area contributed by atoms with E-state index in [0.29, 0.717) is 112 Å². The number of imide groups is 2. The van der Waals surface area contributed by atoms with Gasteiger partial charge in [0.1, 0.15) is 30.6 Å². The molecule has 9 rings (SSSR count). The highest BCUT2D eigenvalue weighted by Crippen LogP contribution is 2.38. The van der Waals surface area contributed by atoms with Gasteiger partial charge in [0, 0.05) is 85.9 Å². The van der Waals surface area contributed by atoms with Crippen molar-refractivity contribution < 1.29 is 72.4 Å². The first-order valence-corrected chi connectivity index (χ1v) is 27.8. The van der Waals surface area contributed by atoms with Gasteiger partial charge in [0.2, 0.25) is 11.8 Å². The van der Waals surface area contributed by atoms with Crippen LogP contribution in [0.5, 0.6) is 28.7 Å². The lowest BCUT2D eigenvalue weighted by Crippen LogP contribution is -2.51. The molecule has 2 fully saturated rings. The van der Waals surface area contributed by atoms with Gasteiger partial charge in [-0.05, 0) is 79.1 Å². The number of amides is 6. The Morgan fingerprint density at radius 3 is 1.51 bits per heavy atom. The van der Waals surface area contributed by atoms with Crippen molar-refractivity contribution in [1.29, 1.82) is 0 Å². The fraction of sp³-hybridized carbons (Fsp3) is 0.333. The molecular formula is C60H64F2N4O13S2. The van der Waals surface area contributed by atoms with Crippen molar-refractivity contribution in [2.24, 2.45) is 0 Å². The Morgan fingerprint density at radius 2 is 1.06 bits per heavy atom. The second-order valence-electron chi connectivity index (χ2n) is 18.0. The first-order chi connectivity index (χ1) is 39.7. The number of aliphatic hydroxyl groups excluding tert-OH is 1. The van der Waals surface area contributed by atoms with Gasteiger partial charge >= 0.3 is 12.1 Å². The summed E-state index contributed by atoms with van der Waals surface area (Å²) in [5.74, 6) is 0.286. The molecule has 0 atom stereocenters. The number of ketones is 2. The van der Waals surface area contributed by atoms with Crippen molar-refractivity contribution in [2.75, 3.05) is 83.7 Å². The van der Waals surface area contributed by atoms with Crippen molar-refractivity contribution >= 4 is 89.7 Å². The van der Waals surface area contributed by atoms with Gasteiger partial charge in [-0.3, -0.25) is 38.8 Å². The maximum Gasteiger partial charge on any atom is 0.331 e. The fourth-order valence-corrected chi connectivity index (χ4v) is 10.9. The molecule has 6 amide bonds. The second kappa shape index (κ2) is 29.5. The molecule has 2 aliphatic heterocycles. The zero-order valence-electron chi connectivity index (χ0n) is 46.4. The predicted molar refractivity (Wildman–Crippen MR) is 307 cm³/mol. The van der Waals surface area contributed by atoms with Crippen LogP contribution in [0.15, 0.2) is 108 Å². The van der Waals surface area contributed by atoms with Crippen molar-refractivity contribution in [2.45, 2.75) is 59.0 Å². The number of carbonyl (C=O) groups is 6. The molecule has 7 aromatic rings. The van der Waals surface area contributed by atoms with E-state index in [4.69, 9.17) is 34.9 Å². The van der Waals surface area contributed by atoms with Crippen LogP contribution in [-0.2, 0) is 20.9 Å². The number of hydrogen-bond acceptors (Lipinski definition) is 15. The molecule has 428 valence electrons. The molecule has 17 nitrogen and oxygen atoms in total. The van der Waals surface area contributed by atoms with Gasteiger partial charge in [-0.2, -0.15) is 0 Å². The summed E-state index contributed by atoms with van der Waals surface area (Å²) < 4.78 is 68.1. The number of anilines is 2. The SMILES string of the molecule is COc1cc(C(=O)CCC(=O)N2CCCN(c3csc4c(F)cccc34)C2=O)ccc1OCCO.COc1ccc(COCCOc2ccc(C(=O)CCC(=O)N3CCCN(c4csc5c(F)cccc45)C3=O)cc2OC)cc1.[2H]CC. The molecular weight excluding hydrogens is 1090 g/mol. The highest BCUT2D eigenvalue weighted by Gasteiger charge is 2.34. The predicted octanol–water partition coefficient (Wildman–Crippen LogP) is 11.7. The average Bonchev–Trinajstić information content (AvgIpc) is 4.24. The number of thiophene rings is 2. The van der Waals surface area contributed by atoms with E-state index in [1.807, 2.05) is 24.3 Å². The van der Waals surface area contributed by atoms with E-state index in [9.17, 15) is 37.5 Å². The van der Waals surface area contributed by atoms with Crippen LogP contribution in [0, 0.1) is 11.6 Å². The maximum absolute atomic E-state index is 14.2. The van der Waals surface area contributed by atoms with Gasteiger partial charge in [0.25, 0.3) is 0 Å². The largest absolute Gasteiger partial charge is 0.497 e. The van der Waals surface area contributed by atoms with E-state index in [-0.39, 0.29) is 81.8 Å². The molecule has 81 heavy (non-hydrogen) atoms. The summed E-state index contributed by atoms with van der Waals surface area (Å²) in [5, 5.41) is 13.6. The molecule has 0 unspecified atom stereocenters. The molecule has 2 saturated heterocycles. The zero-order valence-corrected chi connectivity index (χ0v) is 47.0. The minimum atomic E-state index is -0.468. The first kappa shape index (κ1) is 59.1. The number of benzene rings is 5. The van der Waals surface area contributed by atoms with Gasteiger partial charge in [-0.15, -0.1) is 22.7 Å². The number of rotatable bonds is 22. The molecule has 0 radical (unpaired) electrons. The Bertz CT molecular complexity index is 3360. The van der Waals surface area contributed by atoms with Crippen LogP contribution in [0.3, 0.4) is 0 Å². The molecule has 2 aliphatic rings. The summed E-state index contributed by atoms with van der Waals surface area (Å²) in [6.45, 7) is 4.68. The third-order valence-electron chi connectivity index (χ3n) is 13.1. The summed E-state index contributed by atoms with van der Waals surface area (Å²) in [7, 11) is 4.55. The number of fused-ring (bicyclic) bond motifs is 2. The summed E-state index contributed by atoms with van der Waals surface area (Å²) in [4.78, 5) is 83.3. The minimum Gasteiger partial charge on any atom is -0.497 e. The van der Waals surface area contributed by atoms with Crippen LogP contribution in [0.25, 0.3) is 20.2 Å². The Morgan fingerprint density at radius 1 is 0.593 bits per heavy atom. The van der Waals surface area contributed by atoms with Crippen molar-refractivity contribution in [3.63, 3.8) is 0 Å².